The molecular formula is C18H29N3O. The van der Waals surface area contributed by atoms with Gasteiger partial charge in [0.15, 0.2) is 0 Å². The molecule has 0 bridgehead atoms. The van der Waals surface area contributed by atoms with E-state index in [1.54, 1.807) is 0 Å². The van der Waals surface area contributed by atoms with Crippen LogP contribution in [0.25, 0.3) is 0 Å². The molecule has 1 aromatic rings. The molecule has 122 valence electrons. The second-order valence-corrected chi connectivity index (χ2v) is 6.66. The van der Waals surface area contributed by atoms with Crippen molar-refractivity contribution in [3.05, 3.63) is 30.3 Å². The molecule has 0 saturated carbocycles. The van der Waals surface area contributed by atoms with Crippen molar-refractivity contribution in [2.45, 2.75) is 51.1 Å². The summed E-state index contributed by atoms with van der Waals surface area (Å²) in [5.41, 5.74) is 6.70. The van der Waals surface area contributed by atoms with Crippen molar-refractivity contribution in [1.82, 2.24) is 4.90 Å². The molecule has 0 aromatic heterocycles. The first-order valence-corrected chi connectivity index (χ1v) is 8.32. The first-order valence-electron chi connectivity index (χ1n) is 8.32. The maximum atomic E-state index is 12.7. The van der Waals surface area contributed by atoms with E-state index in [1.165, 1.54) is 5.69 Å². The molecule has 2 N–H and O–H groups in total. The zero-order valence-corrected chi connectivity index (χ0v) is 14.1. The molecule has 0 aliphatic carbocycles. The van der Waals surface area contributed by atoms with Crippen molar-refractivity contribution in [1.29, 1.82) is 0 Å². The predicted octanol–water partition coefficient (Wildman–Crippen LogP) is 2.63. The van der Waals surface area contributed by atoms with E-state index in [9.17, 15) is 4.79 Å². The van der Waals surface area contributed by atoms with Crippen LogP contribution in [0, 0.1) is 0 Å². The van der Waals surface area contributed by atoms with Crippen molar-refractivity contribution in [2.75, 3.05) is 25.0 Å². The lowest BCUT2D eigenvalue weighted by Gasteiger charge is -2.41. The number of rotatable bonds is 5. The maximum Gasteiger partial charge on any atom is 0.242 e. The van der Waals surface area contributed by atoms with E-state index in [4.69, 9.17) is 5.73 Å². The average molecular weight is 303 g/mol. The summed E-state index contributed by atoms with van der Waals surface area (Å²) < 4.78 is 0. The molecule has 2 unspecified atom stereocenters. The number of amides is 1. The highest BCUT2D eigenvalue weighted by Crippen LogP contribution is 2.23. The fraction of sp³-hybridized carbons (Fsp3) is 0.611. The third-order valence-corrected chi connectivity index (χ3v) is 4.64. The largest absolute Gasteiger partial charge is 0.369 e. The lowest BCUT2D eigenvalue weighted by molar-refractivity contribution is -0.137. The Hall–Kier alpha value is -1.55. The van der Waals surface area contributed by atoms with Crippen LogP contribution in [0.1, 0.15) is 39.5 Å². The third-order valence-electron chi connectivity index (χ3n) is 4.64. The second-order valence-electron chi connectivity index (χ2n) is 6.66. The van der Waals surface area contributed by atoms with E-state index in [1.807, 2.05) is 24.9 Å². The van der Waals surface area contributed by atoms with Crippen molar-refractivity contribution in [3.63, 3.8) is 0 Å². The molecule has 1 aromatic carbocycles. The quantitative estimate of drug-likeness (QED) is 0.909. The zero-order valence-electron chi connectivity index (χ0n) is 14.1. The van der Waals surface area contributed by atoms with Gasteiger partial charge in [0.2, 0.25) is 5.91 Å². The lowest BCUT2D eigenvalue weighted by atomic mass is 9.94. The molecule has 1 heterocycles. The van der Waals surface area contributed by atoms with Gasteiger partial charge < -0.3 is 15.5 Å². The van der Waals surface area contributed by atoms with Crippen LogP contribution in [0.3, 0.4) is 0 Å². The standard InChI is InChI=1S/C18H29N3O/c1-4-12-18(2,19)17(22)20(3)16-11-8-13-21(14-16)15-9-6-5-7-10-15/h5-7,9-10,16H,4,8,11-14,19H2,1-3H3. The first kappa shape index (κ1) is 16.8. The first-order chi connectivity index (χ1) is 10.5. The average Bonchev–Trinajstić information content (AvgIpc) is 2.54. The summed E-state index contributed by atoms with van der Waals surface area (Å²) in [6.07, 6.45) is 3.80. The van der Waals surface area contributed by atoms with Gasteiger partial charge in [-0.05, 0) is 38.3 Å². The van der Waals surface area contributed by atoms with E-state index in [2.05, 4.69) is 36.1 Å². The van der Waals surface area contributed by atoms with E-state index in [0.717, 1.165) is 38.8 Å². The highest BCUT2D eigenvalue weighted by Gasteiger charge is 2.34. The van der Waals surface area contributed by atoms with E-state index < -0.39 is 5.54 Å². The monoisotopic (exact) mass is 303 g/mol. The zero-order chi connectivity index (χ0) is 16.2. The number of likely N-dealkylation sites (N-methyl/N-ethyl adjacent to an activating group) is 1. The molecule has 2 atom stereocenters. The predicted molar refractivity (Wildman–Crippen MR) is 91.9 cm³/mol. The van der Waals surface area contributed by atoms with Gasteiger partial charge in [-0.2, -0.15) is 0 Å². The fourth-order valence-electron chi connectivity index (χ4n) is 3.34. The minimum Gasteiger partial charge on any atom is -0.369 e. The van der Waals surface area contributed by atoms with Crippen LogP contribution in [0.2, 0.25) is 0 Å². The van der Waals surface area contributed by atoms with Crippen LogP contribution in [-0.2, 0) is 4.79 Å². The highest BCUT2D eigenvalue weighted by atomic mass is 16.2. The Kier molecular flexibility index (Phi) is 5.46. The van der Waals surface area contributed by atoms with Crippen molar-refractivity contribution < 1.29 is 4.79 Å². The molecule has 4 heteroatoms. The molecule has 1 fully saturated rings. The van der Waals surface area contributed by atoms with E-state index >= 15 is 0 Å². The molecule has 1 saturated heterocycles. The number of piperidine rings is 1. The van der Waals surface area contributed by atoms with Crippen LogP contribution in [0.5, 0.6) is 0 Å². The molecule has 1 amide bonds. The van der Waals surface area contributed by atoms with Gasteiger partial charge in [-0.1, -0.05) is 31.5 Å². The number of hydrogen-bond acceptors (Lipinski definition) is 3. The molecule has 0 radical (unpaired) electrons. The maximum absolute atomic E-state index is 12.7. The van der Waals surface area contributed by atoms with Crippen molar-refractivity contribution in [2.24, 2.45) is 5.73 Å². The van der Waals surface area contributed by atoms with Gasteiger partial charge in [-0.15, -0.1) is 0 Å². The van der Waals surface area contributed by atoms with Crippen LogP contribution < -0.4 is 10.6 Å². The molecule has 1 aliphatic rings. The molecule has 22 heavy (non-hydrogen) atoms. The number of hydrogen-bond donors (Lipinski definition) is 1. The van der Waals surface area contributed by atoms with Crippen molar-refractivity contribution >= 4 is 11.6 Å². The highest BCUT2D eigenvalue weighted by molar-refractivity contribution is 5.85. The second kappa shape index (κ2) is 7.14. The normalized spacial score (nSPS) is 21.3. The van der Waals surface area contributed by atoms with Crippen LogP contribution in [-0.4, -0.2) is 42.5 Å². The Balaban J connectivity index is 2.04. The van der Waals surface area contributed by atoms with E-state index in [-0.39, 0.29) is 11.9 Å². The minimum absolute atomic E-state index is 0.0641. The summed E-state index contributed by atoms with van der Waals surface area (Å²) in [5.74, 6) is 0.0641. The SMILES string of the molecule is CCCC(C)(N)C(=O)N(C)C1CCCN(c2ccccc2)C1. The molecule has 2 rings (SSSR count). The van der Waals surface area contributed by atoms with Gasteiger partial charge in [-0.3, -0.25) is 4.79 Å². The van der Waals surface area contributed by atoms with Crippen LogP contribution >= 0.6 is 0 Å². The number of anilines is 1. The summed E-state index contributed by atoms with van der Waals surface area (Å²) in [6, 6.07) is 10.7. The summed E-state index contributed by atoms with van der Waals surface area (Å²) in [7, 11) is 1.91. The summed E-state index contributed by atoms with van der Waals surface area (Å²) in [4.78, 5) is 16.9. The van der Waals surface area contributed by atoms with Gasteiger partial charge >= 0.3 is 0 Å². The summed E-state index contributed by atoms with van der Waals surface area (Å²) in [6.45, 7) is 5.86. The number of nitrogens with two attached hydrogens (primary N) is 1. The van der Waals surface area contributed by atoms with Gasteiger partial charge in [-0.25, -0.2) is 0 Å². The smallest absolute Gasteiger partial charge is 0.242 e. The van der Waals surface area contributed by atoms with Gasteiger partial charge in [0, 0.05) is 31.9 Å². The fourth-order valence-corrected chi connectivity index (χ4v) is 3.34. The Labute approximate surface area is 134 Å². The minimum atomic E-state index is -0.751. The topological polar surface area (TPSA) is 49.6 Å². The Morgan fingerprint density at radius 1 is 1.41 bits per heavy atom. The molecular weight excluding hydrogens is 274 g/mol. The Morgan fingerprint density at radius 2 is 2.09 bits per heavy atom. The third kappa shape index (κ3) is 3.80. The van der Waals surface area contributed by atoms with Gasteiger partial charge in [0.25, 0.3) is 0 Å². The number of carbonyl (C=O) groups excluding carboxylic acids is 1. The lowest BCUT2D eigenvalue weighted by Crippen LogP contribution is -2.57. The van der Waals surface area contributed by atoms with Crippen LogP contribution in [0.4, 0.5) is 5.69 Å². The van der Waals surface area contributed by atoms with E-state index in [0.29, 0.717) is 0 Å². The van der Waals surface area contributed by atoms with Gasteiger partial charge in [0.05, 0.1) is 5.54 Å². The van der Waals surface area contributed by atoms with Crippen LogP contribution in [0.15, 0.2) is 30.3 Å². The molecule has 4 nitrogen and oxygen atoms in total. The van der Waals surface area contributed by atoms with Crippen molar-refractivity contribution in [3.8, 4) is 0 Å². The number of benzene rings is 1. The Morgan fingerprint density at radius 3 is 2.73 bits per heavy atom. The number of carbonyl (C=O) groups is 1. The molecule has 1 aliphatic heterocycles. The number of nitrogens with zero attached hydrogens (tertiary/aromatic N) is 2. The molecule has 0 spiro atoms. The Bertz CT molecular complexity index is 486. The summed E-state index contributed by atoms with van der Waals surface area (Å²) in [5, 5.41) is 0. The summed E-state index contributed by atoms with van der Waals surface area (Å²) >= 11 is 0. The van der Waals surface area contributed by atoms with Gasteiger partial charge in [0.1, 0.15) is 0 Å². The number of para-hydroxylation sites is 1.